The van der Waals surface area contributed by atoms with Crippen molar-refractivity contribution in [2.24, 2.45) is 5.73 Å². The molecule has 0 aliphatic rings. The van der Waals surface area contributed by atoms with E-state index >= 15 is 0 Å². The number of rotatable bonds is 3. The highest BCUT2D eigenvalue weighted by Gasteiger charge is 2.11. The Balaban J connectivity index is 2.01. The van der Waals surface area contributed by atoms with Crippen molar-refractivity contribution in [2.75, 3.05) is 0 Å². The van der Waals surface area contributed by atoms with Crippen molar-refractivity contribution in [2.45, 2.75) is 26.3 Å². The maximum atomic E-state index is 14.2. The van der Waals surface area contributed by atoms with Crippen molar-refractivity contribution in [1.29, 1.82) is 5.26 Å². The Kier molecular flexibility index (Phi) is 3.85. The lowest BCUT2D eigenvalue weighted by Crippen LogP contribution is -2.20. The second-order valence-corrected chi connectivity index (χ2v) is 5.73. The molecule has 0 spiro atoms. The Morgan fingerprint density at radius 3 is 2.74 bits per heavy atom. The first-order chi connectivity index (χ1) is 11.0. The third-order valence-corrected chi connectivity index (χ3v) is 3.88. The summed E-state index contributed by atoms with van der Waals surface area (Å²) in [6.45, 7) is 3.90. The van der Waals surface area contributed by atoms with Gasteiger partial charge >= 0.3 is 0 Å². The van der Waals surface area contributed by atoms with Crippen molar-refractivity contribution >= 4 is 5.52 Å². The molecule has 2 N–H and O–H groups in total. The molecular formula is C18H17FN4. The van der Waals surface area contributed by atoms with E-state index in [0.717, 1.165) is 28.0 Å². The standard InChI is InChI=1S/C18H17FN4/c1-11-9-23-10-15(7-18(23)12(2)22-11)13-3-4-14(17(19)6-13)5-16(21)8-20/h3-4,6-7,9-10,16H,5,21H2,1-2H3/t16-/m0/s1. The predicted molar refractivity (Wildman–Crippen MR) is 87.4 cm³/mol. The van der Waals surface area contributed by atoms with Gasteiger partial charge in [0.05, 0.1) is 29.0 Å². The van der Waals surface area contributed by atoms with Gasteiger partial charge < -0.3 is 10.1 Å². The van der Waals surface area contributed by atoms with E-state index in [1.807, 2.05) is 48.8 Å². The van der Waals surface area contributed by atoms with Crippen molar-refractivity contribution in [1.82, 2.24) is 9.38 Å². The van der Waals surface area contributed by atoms with Gasteiger partial charge in [-0.15, -0.1) is 0 Å². The highest BCUT2D eigenvalue weighted by molar-refractivity contribution is 5.71. The fourth-order valence-corrected chi connectivity index (χ4v) is 2.76. The maximum absolute atomic E-state index is 14.2. The highest BCUT2D eigenvalue weighted by atomic mass is 19.1. The number of hydrogen-bond donors (Lipinski definition) is 1. The van der Waals surface area contributed by atoms with Crippen LogP contribution < -0.4 is 5.73 Å². The zero-order valence-electron chi connectivity index (χ0n) is 13.0. The minimum Gasteiger partial charge on any atom is -0.320 e. The van der Waals surface area contributed by atoms with E-state index in [4.69, 9.17) is 11.0 Å². The Morgan fingerprint density at radius 1 is 1.26 bits per heavy atom. The smallest absolute Gasteiger partial charge is 0.127 e. The quantitative estimate of drug-likeness (QED) is 0.808. The maximum Gasteiger partial charge on any atom is 0.127 e. The molecule has 3 rings (SSSR count). The van der Waals surface area contributed by atoms with Crippen molar-refractivity contribution in [3.05, 3.63) is 59.4 Å². The van der Waals surface area contributed by atoms with Crippen LogP contribution in [0.2, 0.25) is 0 Å². The van der Waals surface area contributed by atoms with Crippen LogP contribution in [0, 0.1) is 31.0 Å². The molecule has 0 amide bonds. The van der Waals surface area contributed by atoms with Gasteiger partial charge in [0.2, 0.25) is 0 Å². The number of hydrogen-bond acceptors (Lipinski definition) is 3. The zero-order valence-corrected chi connectivity index (χ0v) is 13.0. The second-order valence-electron chi connectivity index (χ2n) is 5.73. The summed E-state index contributed by atoms with van der Waals surface area (Å²) in [5.74, 6) is -0.338. The molecule has 0 radical (unpaired) electrons. The molecule has 0 aliphatic heterocycles. The van der Waals surface area contributed by atoms with E-state index in [-0.39, 0.29) is 12.2 Å². The number of nitrogens with zero attached hydrogens (tertiary/aromatic N) is 3. The van der Waals surface area contributed by atoms with Crippen LogP contribution in [0.15, 0.2) is 36.7 Å². The number of aromatic nitrogens is 2. The molecule has 23 heavy (non-hydrogen) atoms. The van der Waals surface area contributed by atoms with Gasteiger partial charge in [-0.25, -0.2) is 4.39 Å². The van der Waals surface area contributed by atoms with Crippen LogP contribution in [0.3, 0.4) is 0 Å². The molecule has 3 aromatic rings. The minimum absolute atomic E-state index is 0.211. The van der Waals surface area contributed by atoms with Crippen molar-refractivity contribution in [3.8, 4) is 17.2 Å². The third-order valence-electron chi connectivity index (χ3n) is 3.88. The predicted octanol–water partition coefficient (Wildman–Crippen LogP) is 3.15. The van der Waals surface area contributed by atoms with Gasteiger partial charge in [-0.05, 0) is 37.1 Å². The monoisotopic (exact) mass is 308 g/mol. The Labute approximate surface area is 134 Å². The van der Waals surface area contributed by atoms with Crippen LogP contribution in [-0.4, -0.2) is 15.4 Å². The summed E-state index contributed by atoms with van der Waals surface area (Å²) in [5, 5.41) is 8.74. The van der Waals surface area contributed by atoms with Crippen molar-refractivity contribution in [3.63, 3.8) is 0 Å². The van der Waals surface area contributed by atoms with Gasteiger partial charge in [0, 0.05) is 24.4 Å². The molecule has 0 unspecified atom stereocenters. The van der Waals surface area contributed by atoms with Gasteiger partial charge in [-0.1, -0.05) is 12.1 Å². The largest absolute Gasteiger partial charge is 0.320 e. The van der Waals surface area contributed by atoms with E-state index in [1.54, 1.807) is 6.07 Å². The van der Waals surface area contributed by atoms with E-state index < -0.39 is 6.04 Å². The molecule has 1 atom stereocenters. The topological polar surface area (TPSA) is 67.1 Å². The molecule has 5 heteroatoms. The van der Waals surface area contributed by atoms with Crippen LogP contribution in [0.25, 0.3) is 16.6 Å². The minimum atomic E-state index is -0.691. The van der Waals surface area contributed by atoms with E-state index in [9.17, 15) is 4.39 Å². The summed E-state index contributed by atoms with van der Waals surface area (Å²) in [6, 6.07) is 8.26. The van der Waals surface area contributed by atoms with Crippen molar-refractivity contribution < 1.29 is 4.39 Å². The molecule has 0 bridgehead atoms. The molecular weight excluding hydrogens is 291 g/mol. The first-order valence-corrected chi connectivity index (χ1v) is 7.38. The summed E-state index contributed by atoms with van der Waals surface area (Å²) in [7, 11) is 0. The summed E-state index contributed by atoms with van der Waals surface area (Å²) in [5.41, 5.74) is 10.6. The molecule has 0 saturated carbocycles. The average Bonchev–Trinajstić information content (AvgIpc) is 2.93. The first kappa shape index (κ1) is 15.2. The van der Waals surface area contributed by atoms with E-state index in [1.165, 1.54) is 6.07 Å². The van der Waals surface area contributed by atoms with Gasteiger partial charge in [-0.2, -0.15) is 5.26 Å². The molecule has 0 saturated heterocycles. The Hall–Kier alpha value is -2.71. The fourth-order valence-electron chi connectivity index (χ4n) is 2.76. The fraction of sp³-hybridized carbons (Fsp3) is 0.222. The summed E-state index contributed by atoms with van der Waals surface area (Å²) in [6.07, 6.45) is 4.12. The number of benzene rings is 1. The van der Waals surface area contributed by atoms with Crippen LogP contribution in [0.4, 0.5) is 4.39 Å². The lowest BCUT2D eigenvalue weighted by molar-refractivity contribution is 0.604. The van der Waals surface area contributed by atoms with Gasteiger partial charge in [0.15, 0.2) is 0 Å². The summed E-state index contributed by atoms with van der Waals surface area (Å²) < 4.78 is 16.3. The van der Waals surface area contributed by atoms with Gasteiger partial charge in [-0.3, -0.25) is 4.98 Å². The third kappa shape index (κ3) is 2.94. The van der Waals surface area contributed by atoms with Crippen LogP contribution in [-0.2, 0) is 6.42 Å². The van der Waals surface area contributed by atoms with Crippen LogP contribution >= 0.6 is 0 Å². The Bertz CT molecular complexity index is 921. The number of nitriles is 1. The number of fused-ring (bicyclic) bond motifs is 1. The lowest BCUT2D eigenvalue weighted by atomic mass is 10.0. The van der Waals surface area contributed by atoms with E-state index in [2.05, 4.69) is 4.98 Å². The molecule has 2 aromatic heterocycles. The molecule has 1 aromatic carbocycles. The highest BCUT2D eigenvalue weighted by Crippen LogP contribution is 2.26. The lowest BCUT2D eigenvalue weighted by Gasteiger charge is -2.06. The van der Waals surface area contributed by atoms with Gasteiger partial charge in [0.1, 0.15) is 5.82 Å². The number of halogens is 1. The van der Waals surface area contributed by atoms with E-state index in [0.29, 0.717) is 5.56 Å². The average molecular weight is 308 g/mol. The summed E-state index contributed by atoms with van der Waals surface area (Å²) >= 11 is 0. The van der Waals surface area contributed by atoms with Gasteiger partial charge in [0.25, 0.3) is 0 Å². The number of aryl methyl sites for hydroxylation is 2. The SMILES string of the molecule is Cc1cn2cc(-c3ccc(C[C@H](N)C#N)c(F)c3)cc2c(C)n1. The normalized spacial score (nSPS) is 12.3. The first-order valence-electron chi connectivity index (χ1n) is 7.38. The number of nitrogens with two attached hydrogens (primary N) is 1. The summed E-state index contributed by atoms with van der Waals surface area (Å²) in [4.78, 5) is 4.44. The zero-order chi connectivity index (χ0) is 16.6. The van der Waals surface area contributed by atoms with Crippen LogP contribution in [0.1, 0.15) is 17.0 Å². The Morgan fingerprint density at radius 2 is 2.04 bits per heavy atom. The molecule has 2 heterocycles. The molecule has 116 valence electrons. The molecule has 0 fully saturated rings. The second kappa shape index (κ2) is 5.82. The molecule has 4 nitrogen and oxygen atoms in total. The molecule has 0 aliphatic carbocycles. The van der Waals surface area contributed by atoms with Crippen LogP contribution in [0.5, 0.6) is 0 Å².